The minimum Gasteiger partial charge on any atom is -0.406 e. The van der Waals surface area contributed by atoms with Crippen LogP contribution in [0.25, 0.3) is 0 Å². The molecular weight excluding hydrogens is 212 g/mol. The molecule has 0 aliphatic carbocycles. The molecule has 0 radical (unpaired) electrons. The van der Waals surface area contributed by atoms with E-state index in [4.69, 9.17) is 10.2 Å². The molecular formula is C9H16N4OS. The Kier molecular flexibility index (Phi) is 3.16. The molecule has 0 saturated carbocycles. The summed E-state index contributed by atoms with van der Waals surface area (Å²) in [5.74, 6) is 2.85. The molecule has 1 aliphatic heterocycles. The lowest BCUT2D eigenvalue weighted by Gasteiger charge is -2.20. The van der Waals surface area contributed by atoms with Gasteiger partial charge in [0.05, 0.1) is 6.04 Å². The Morgan fingerprint density at radius 2 is 2.40 bits per heavy atom. The lowest BCUT2D eigenvalue weighted by atomic mass is 10.2. The number of nitrogens with two attached hydrogens (primary N) is 1. The maximum atomic E-state index is 5.66. The fourth-order valence-electron chi connectivity index (χ4n) is 1.54. The average Bonchev–Trinajstić information content (AvgIpc) is 2.88. The first kappa shape index (κ1) is 10.8. The quantitative estimate of drug-likeness (QED) is 0.833. The highest BCUT2D eigenvalue weighted by atomic mass is 32.2. The van der Waals surface area contributed by atoms with Gasteiger partial charge in [-0.1, -0.05) is 5.10 Å². The normalized spacial score (nSPS) is 23.0. The molecule has 2 N–H and O–H groups in total. The number of nitrogens with zero attached hydrogens (tertiary/aromatic N) is 3. The van der Waals surface area contributed by atoms with Crippen molar-refractivity contribution in [1.29, 1.82) is 0 Å². The van der Waals surface area contributed by atoms with E-state index < -0.39 is 0 Å². The van der Waals surface area contributed by atoms with Gasteiger partial charge in [-0.25, -0.2) is 0 Å². The van der Waals surface area contributed by atoms with Crippen LogP contribution in [0.3, 0.4) is 0 Å². The van der Waals surface area contributed by atoms with Crippen LogP contribution in [-0.4, -0.2) is 34.8 Å². The van der Waals surface area contributed by atoms with Gasteiger partial charge in [0, 0.05) is 18.8 Å². The van der Waals surface area contributed by atoms with Gasteiger partial charge in [0.25, 0.3) is 0 Å². The molecule has 1 aromatic heterocycles. The molecule has 5 nitrogen and oxygen atoms in total. The monoisotopic (exact) mass is 228 g/mol. The number of hydrogen-bond donors (Lipinski definition) is 1. The lowest BCUT2D eigenvalue weighted by molar-refractivity contribution is 0.452. The Morgan fingerprint density at radius 3 is 2.93 bits per heavy atom. The van der Waals surface area contributed by atoms with Crippen molar-refractivity contribution >= 4 is 17.8 Å². The van der Waals surface area contributed by atoms with Gasteiger partial charge in [0.15, 0.2) is 0 Å². The van der Waals surface area contributed by atoms with E-state index in [1.807, 2.05) is 25.7 Å². The summed E-state index contributed by atoms with van der Waals surface area (Å²) in [5.41, 5.74) is 5.66. The number of thioether (sulfide) groups is 1. The second kappa shape index (κ2) is 4.40. The van der Waals surface area contributed by atoms with E-state index in [2.05, 4.69) is 15.1 Å². The van der Waals surface area contributed by atoms with E-state index in [1.54, 1.807) is 0 Å². The molecule has 2 rings (SSSR count). The summed E-state index contributed by atoms with van der Waals surface area (Å²) in [6.45, 7) is 1.84. The van der Waals surface area contributed by atoms with Crippen molar-refractivity contribution in [2.24, 2.45) is 5.73 Å². The van der Waals surface area contributed by atoms with Gasteiger partial charge in [-0.15, -0.1) is 5.10 Å². The molecule has 0 amide bonds. The molecule has 1 aromatic rings. The van der Waals surface area contributed by atoms with Gasteiger partial charge < -0.3 is 15.1 Å². The highest BCUT2D eigenvalue weighted by Crippen LogP contribution is 2.25. The average molecular weight is 228 g/mol. The van der Waals surface area contributed by atoms with E-state index >= 15 is 0 Å². The van der Waals surface area contributed by atoms with Gasteiger partial charge in [-0.3, -0.25) is 0 Å². The third-order valence-electron chi connectivity index (χ3n) is 2.57. The number of aromatic nitrogens is 2. The number of hydrogen-bond acceptors (Lipinski definition) is 6. The molecule has 2 unspecified atom stereocenters. The Labute approximate surface area is 93.4 Å². The predicted molar refractivity (Wildman–Crippen MR) is 61.0 cm³/mol. The molecule has 0 spiro atoms. The minimum atomic E-state index is -0.197. The molecule has 84 valence electrons. The fourth-order valence-corrected chi connectivity index (χ4v) is 2.80. The van der Waals surface area contributed by atoms with Crippen molar-refractivity contribution < 1.29 is 4.42 Å². The van der Waals surface area contributed by atoms with Crippen LogP contribution in [0.4, 0.5) is 6.01 Å². The molecule has 1 fully saturated rings. The molecule has 1 saturated heterocycles. The van der Waals surface area contributed by atoms with Crippen molar-refractivity contribution in [3.63, 3.8) is 0 Å². The molecule has 15 heavy (non-hydrogen) atoms. The maximum Gasteiger partial charge on any atom is 0.318 e. The molecule has 2 heterocycles. The summed E-state index contributed by atoms with van der Waals surface area (Å²) < 4.78 is 5.49. The van der Waals surface area contributed by atoms with E-state index in [1.165, 1.54) is 12.2 Å². The van der Waals surface area contributed by atoms with Gasteiger partial charge in [-0.2, -0.15) is 11.8 Å². The molecule has 0 bridgehead atoms. The van der Waals surface area contributed by atoms with Crippen LogP contribution in [0.1, 0.15) is 25.3 Å². The van der Waals surface area contributed by atoms with Crippen LogP contribution in [0.15, 0.2) is 4.42 Å². The summed E-state index contributed by atoms with van der Waals surface area (Å²) in [6, 6.07) is 0.892. The standard InChI is InChI=1S/C9H16N4OS/c1-6(10)8-11-12-9(14-8)13(2)7-3-4-15-5-7/h6-7H,3-5,10H2,1-2H3. The highest BCUT2D eigenvalue weighted by molar-refractivity contribution is 7.99. The first-order chi connectivity index (χ1) is 7.18. The first-order valence-corrected chi connectivity index (χ1v) is 6.23. The lowest BCUT2D eigenvalue weighted by Crippen LogP contribution is -2.31. The molecule has 6 heteroatoms. The summed E-state index contributed by atoms with van der Waals surface area (Å²) in [5, 5.41) is 7.92. The zero-order valence-corrected chi connectivity index (χ0v) is 9.83. The van der Waals surface area contributed by atoms with Crippen LogP contribution >= 0.6 is 11.8 Å². The Morgan fingerprint density at radius 1 is 1.60 bits per heavy atom. The van der Waals surface area contributed by atoms with Crippen LogP contribution in [0.5, 0.6) is 0 Å². The van der Waals surface area contributed by atoms with Crippen molar-refractivity contribution in [1.82, 2.24) is 10.2 Å². The van der Waals surface area contributed by atoms with E-state index in [0.717, 1.165) is 5.75 Å². The number of anilines is 1. The highest BCUT2D eigenvalue weighted by Gasteiger charge is 2.24. The SMILES string of the molecule is CC(N)c1nnc(N(C)C2CCSC2)o1. The fraction of sp³-hybridized carbons (Fsp3) is 0.778. The Bertz CT molecular complexity index is 322. The first-order valence-electron chi connectivity index (χ1n) is 5.08. The number of rotatable bonds is 3. The topological polar surface area (TPSA) is 68.2 Å². The Balaban J connectivity index is 2.07. The van der Waals surface area contributed by atoms with Gasteiger partial charge in [-0.05, 0) is 19.1 Å². The Hall–Kier alpha value is -0.750. The van der Waals surface area contributed by atoms with Crippen molar-refractivity contribution in [3.8, 4) is 0 Å². The van der Waals surface area contributed by atoms with Crippen LogP contribution in [0, 0.1) is 0 Å². The van der Waals surface area contributed by atoms with E-state index in [-0.39, 0.29) is 6.04 Å². The summed E-state index contributed by atoms with van der Waals surface area (Å²) in [6.07, 6.45) is 1.18. The minimum absolute atomic E-state index is 0.197. The largest absolute Gasteiger partial charge is 0.406 e. The van der Waals surface area contributed by atoms with E-state index in [0.29, 0.717) is 17.9 Å². The summed E-state index contributed by atoms with van der Waals surface area (Å²) >= 11 is 1.96. The van der Waals surface area contributed by atoms with E-state index in [9.17, 15) is 0 Å². The second-order valence-electron chi connectivity index (χ2n) is 3.84. The maximum absolute atomic E-state index is 5.66. The second-order valence-corrected chi connectivity index (χ2v) is 4.99. The summed E-state index contributed by atoms with van der Waals surface area (Å²) in [4.78, 5) is 2.05. The van der Waals surface area contributed by atoms with Gasteiger partial charge in [0.1, 0.15) is 0 Å². The molecule has 1 aliphatic rings. The van der Waals surface area contributed by atoms with Crippen LogP contribution in [0.2, 0.25) is 0 Å². The molecule has 2 atom stereocenters. The zero-order valence-electron chi connectivity index (χ0n) is 9.01. The zero-order chi connectivity index (χ0) is 10.8. The van der Waals surface area contributed by atoms with Crippen molar-refractivity contribution in [3.05, 3.63) is 5.89 Å². The predicted octanol–water partition coefficient (Wildman–Crippen LogP) is 1.03. The smallest absolute Gasteiger partial charge is 0.318 e. The van der Waals surface area contributed by atoms with Gasteiger partial charge >= 0.3 is 6.01 Å². The third kappa shape index (κ3) is 2.26. The van der Waals surface area contributed by atoms with Crippen molar-refractivity contribution in [2.45, 2.75) is 25.4 Å². The third-order valence-corrected chi connectivity index (χ3v) is 3.72. The van der Waals surface area contributed by atoms with Crippen molar-refractivity contribution in [2.75, 3.05) is 23.5 Å². The van der Waals surface area contributed by atoms with Gasteiger partial charge in [0.2, 0.25) is 5.89 Å². The molecule has 0 aromatic carbocycles. The van der Waals surface area contributed by atoms with Crippen LogP contribution < -0.4 is 10.6 Å². The van der Waals surface area contributed by atoms with Crippen LogP contribution in [-0.2, 0) is 0 Å². The summed E-state index contributed by atoms with van der Waals surface area (Å²) in [7, 11) is 2.00.